The molecule has 0 spiro atoms. The lowest BCUT2D eigenvalue weighted by atomic mass is 9.95. The van der Waals surface area contributed by atoms with Crippen molar-refractivity contribution in [3.63, 3.8) is 0 Å². The maximum atomic E-state index is 13.2. The molecule has 2 heterocycles. The lowest BCUT2D eigenvalue weighted by molar-refractivity contribution is -0.122. The number of thiazole rings is 1. The molecule has 0 aliphatic carbocycles. The minimum absolute atomic E-state index is 0.207. The summed E-state index contributed by atoms with van der Waals surface area (Å²) in [5, 5.41) is 0.563. The van der Waals surface area contributed by atoms with Gasteiger partial charge in [0.15, 0.2) is 5.13 Å². The molecule has 1 atom stereocenters. The highest BCUT2D eigenvalue weighted by atomic mass is 32.2. The maximum Gasteiger partial charge on any atom is 0.247 e. The molecule has 0 N–H and O–H groups in total. The largest absolute Gasteiger partial charge is 0.290 e. The van der Waals surface area contributed by atoms with Gasteiger partial charge >= 0.3 is 0 Å². The zero-order valence-corrected chi connectivity index (χ0v) is 16.6. The Balaban J connectivity index is 1.69. The van der Waals surface area contributed by atoms with Crippen molar-refractivity contribution in [2.24, 2.45) is 0 Å². The van der Waals surface area contributed by atoms with Gasteiger partial charge in [0, 0.05) is 13.6 Å². The highest BCUT2D eigenvalue weighted by Gasteiger charge is 2.38. The number of fused-ring (bicyclic) bond motifs is 2. The molecule has 0 fully saturated rings. The Labute approximate surface area is 162 Å². The van der Waals surface area contributed by atoms with Gasteiger partial charge in [-0.1, -0.05) is 47.7 Å². The van der Waals surface area contributed by atoms with E-state index < -0.39 is 16.1 Å². The molecule has 4 rings (SSSR count). The molecule has 140 valence electrons. The SMILES string of the molecule is CN(C(=O)[C@H]1Cc2ccccc2CN1S(C)(=O)=O)c1nc2ccccc2s1. The van der Waals surface area contributed by atoms with Crippen molar-refractivity contribution < 1.29 is 13.2 Å². The van der Waals surface area contributed by atoms with Gasteiger partial charge in [0.25, 0.3) is 0 Å². The zero-order chi connectivity index (χ0) is 19.2. The van der Waals surface area contributed by atoms with Gasteiger partial charge in [0.05, 0.1) is 16.5 Å². The van der Waals surface area contributed by atoms with Crippen molar-refractivity contribution in [3.05, 3.63) is 59.7 Å². The summed E-state index contributed by atoms with van der Waals surface area (Å²) in [7, 11) is -1.88. The lowest BCUT2D eigenvalue weighted by Gasteiger charge is -2.35. The number of carbonyl (C=O) groups excluding carboxylic acids is 1. The van der Waals surface area contributed by atoms with Crippen molar-refractivity contribution in [2.45, 2.75) is 19.0 Å². The maximum absolute atomic E-state index is 13.2. The van der Waals surface area contributed by atoms with Crippen LogP contribution >= 0.6 is 11.3 Å². The van der Waals surface area contributed by atoms with E-state index in [1.165, 1.54) is 20.5 Å². The van der Waals surface area contributed by atoms with Gasteiger partial charge < -0.3 is 0 Å². The van der Waals surface area contributed by atoms with Crippen molar-refractivity contribution >= 4 is 42.6 Å². The van der Waals surface area contributed by atoms with Crippen LogP contribution in [0.2, 0.25) is 0 Å². The summed E-state index contributed by atoms with van der Waals surface area (Å²) in [6.45, 7) is 0.207. The second-order valence-electron chi connectivity index (χ2n) is 6.66. The number of carbonyl (C=O) groups is 1. The van der Waals surface area contributed by atoms with Crippen LogP contribution in [0.25, 0.3) is 10.2 Å². The number of hydrogen-bond acceptors (Lipinski definition) is 5. The molecule has 1 aromatic heterocycles. The third-order valence-electron chi connectivity index (χ3n) is 4.82. The Morgan fingerprint density at radius 3 is 2.52 bits per heavy atom. The summed E-state index contributed by atoms with van der Waals surface area (Å²) in [6.07, 6.45) is 1.51. The van der Waals surface area contributed by atoms with Gasteiger partial charge in [-0.25, -0.2) is 13.4 Å². The number of nitrogens with zero attached hydrogens (tertiary/aromatic N) is 3. The molecule has 0 saturated carbocycles. The summed E-state index contributed by atoms with van der Waals surface area (Å²) in [5.41, 5.74) is 2.77. The zero-order valence-electron chi connectivity index (χ0n) is 15.0. The normalized spacial score (nSPS) is 17.6. The van der Waals surface area contributed by atoms with E-state index in [0.717, 1.165) is 27.6 Å². The van der Waals surface area contributed by atoms with E-state index in [0.29, 0.717) is 11.6 Å². The highest BCUT2D eigenvalue weighted by molar-refractivity contribution is 7.88. The number of sulfonamides is 1. The van der Waals surface area contributed by atoms with Crippen LogP contribution in [0.5, 0.6) is 0 Å². The molecule has 1 amide bonds. The summed E-state index contributed by atoms with van der Waals surface area (Å²) < 4.78 is 27.0. The molecule has 1 aliphatic rings. The van der Waals surface area contributed by atoms with Gasteiger partial charge in [-0.05, 0) is 29.7 Å². The number of likely N-dealkylation sites (N-methyl/N-ethyl adjacent to an activating group) is 1. The molecular formula is C19H19N3O3S2. The molecule has 0 radical (unpaired) electrons. The first-order chi connectivity index (χ1) is 12.8. The Morgan fingerprint density at radius 2 is 1.81 bits per heavy atom. The quantitative estimate of drug-likeness (QED) is 0.677. The van der Waals surface area contributed by atoms with E-state index >= 15 is 0 Å². The van der Waals surface area contributed by atoms with Gasteiger partial charge in [-0.2, -0.15) is 4.31 Å². The number of rotatable bonds is 3. The predicted octanol–water partition coefficient (Wildman–Crippen LogP) is 2.65. The summed E-state index contributed by atoms with van der Waals surface area (Å²) >= 11 is 1.42. The molecule has 2 aromatic carbocycles. The highest BCUT2D eigenvalue weighted by Crippen LogP contribution is 2.31. The number of anilines is 1. The second kappa shape index (κ2) is 6.70. The number of benzene rings is 2. The summed E-state index contributed by atoms with van der Waals surface area (Å²) in [4.78, 5) is 19.2. The molecule has 27 heavy (non-hydrogen) atoms. The Morgan fingerprint density at radius 1 is 1.15 bits per heavy atom. The average Bonchev–Trinajstić information content (AvgIpc) is 3.09. The first kappa shape index (κ1) is 18.1. The fourth-order valence-electron chi connectivity index (χ4n) is 3.38. The number of amides is 1. The Hall–Kier alpha value is -2.29. The minimum Gasteiger partial charge on any atom is -0.290 e. The monoisotopic (exact) mass is 401 g/mol. The van der Waals surface area contributed by atoms with Crippen molar-refractivity contribution in [3.8, 4) is 0 Å². The average molecular weight is 402 g/mol. The molecule has 3 aromatic rings. The first-order valence-electron chi connectivity index (χ1n) is 8.51. The second-order valence-corrected chi connectivity index (χ2v) is 9.60. The molecule has 1 aliphatic heterocycles. The van der Waals surface area contributed by atoms with Crippen LogP contribution in [-0.2, 0) is 27.8 Å². The van der Waals surface area contributed by atoms with Crippen LogP contribution in [0.3, 0.4) is 0 Å². The fourth-order valence-corrected chi connectivity index (χ4v) is 5.31. The minimum atomic E-state index is -3.53. The van der Waals surface area contributed by atoms with Crippen LogP contribution < -0.4 is 4.90 Å². The third kappa shape index (κ3) is 3.36. The smallest absolute Gasteiger partial charge is 0.247 e. The molecule has 0 unspecified atom stereocenters. The van der Waals surface area contributed by atoms with Crippen molar-refractivity contribution in [2.75, 3.05) is 18.2 Å². The van der Waals surface area contributed by atoms with Crippen molar-refractivity contribution in [1.29, 1.82) is 0 Å². The Bertz CT molecular complexity index is 1090. The van der Waals surface area contributed by atoms with E-state index in [-0.39, 0.29) is 12.5 Å². The summed E-state index contributed by atoms with van der Waals surface area (Å²) in [5.74, 6) is -0.269. The predicted molar refractivity (Wildman–Crippen MR) is 107 cm³/mol. The molecule has 0 saturated heterocycles. The van der Waals surface area contributed by atoms with Gasteiger partial charge in [0.1, 0.15) is 6.04 Å². The van der Waals surface area contributed by atoms with Gasteiger partial charge in [0.2, 0.25) is 15.9 Å². The van der Waals surface area contributed by atoms with E-state index in [2.05, 4.69) is 4.98 Å². The fraction of sp³-hybridized carbons (Fsp3) is 0.263. The molecule has 0 bridgehead atoms. The van der Waals surface area contributed by atoms with Gasteiger partial charge in [-0.15, -0.1) is 0 Å². The van der Waals surface area contributed by atoms with Crippen LogP contribution in [0.15, 0.2) is 48.5 Å². The lowest BCUT2D eigenvalue weighted by Crippen LogP contribution is -2.52. The van der Waals surface area contributed by atoms with E-state index in [1.807, 2.05) is 48.5 Å². The molecule has 8 heteroatoms. The molecular weight excluding hydrogens is 382 g/mol. The van der Waals surface area contributed by atoms with Crippen LogP contribution in [0, 0.1) is 0 Å². The van der Waals surface area contributed by atoms with Crippen LogP contribution in [-0.4, -0.2) is 43.0 Å². The van der Waals surface area contributed by atoms with Crippen molar-refractivity contribution in [1.82, 2.24) is 9.29 Å². The number of hydrogen-bond donors (Lipinski definition) is 0. The number of aromatic nitrogens is 1. The third-order valence-corrected chi connectivity index (χ3v) is 7.17. The Kier molecular flexibility index (Phi) is 4.49. The van der Waals surface area contributed by atoms with Crippen LogP contribution in [0.4, 0.5) is 5.13 Å². The molecule has 6 nitrogen and oxygen atoms in total. The van der Waals surface area contributed by atoms with E-state index in [9.17, 15) is 13.2 Å². The van der Waals surface area contributed by atoms with E-state index in [1.54, 1.807) is 7.05 Å². The number of para-hydroxylation sites is 1. The van der Waals surface area contributed by atoms with Gasteiger partial charge in [-0.3, -0.25) is 9.69 Å². The standard InChI is InChI=1S/C19H19N3O3S2/c1-21(19-20-15-9-5-6-10-17(15)26-19)18(23)16-11-13-7-3-4-8-14(13)12-22(16)27(2,24)25/h3-10,16H,11-12H2,1-2H3/t16-/m1/s1. The van der Waals surface area contributed by atoms with Crippen LogP contribution in [0.1, 0.15) is 11.1 Å². The summed E-state index contributed by atoms with van der Waals surface area (Å²) in [6, 6.07) is 14.6. The van der Waals surface area contributed by atoms with E-state index in [4.69, 9.17) is 0 Å². The first-order valence-corrected chi connectivity index (χ1v) is 11.2. The topological polar surface area (TPSA) is 70.6 Å².